The summed E-state index contributed by atoms with van der Waals surface area (Å²) in [7, 11) is 0. The van der Waals surface area contributed by atoms with Gasteiger partial charge in [0.05, 0.1) is 18.3 Å². The molecule has 0 saturated heterocycles. The van der Waals surface area contributed by atoms with Crippen LogP contribution in [-0.4, -0.2) is 25.7 Å². The molecule has 2 aromatic rings. The Morgan fingerprint density at radius 1 is 1.32 bits per heavy atom. The Morgan fingerprint density at radius 2 is 2.00 bits per heavy atom. The molecule has 2 aromatic heterocycles. The van der Waals surface area contributed by atoms with E-state index in [2.05, 4.69) is 10.2 Å². The van der Waals surface area contributed by atoms with Crippen LogP contribution in [-0.2, 0) is 24.9 Å². The van der Waals surface area contributed by atoms with Gasteiger partial charge < -0.3 is 0 Å². The Hall–Kier alpha value is -2.50. The largest absolute Gasteiger partial charge is 0.408 e. The van der Waals surface area contributed by atoms with E-state index in [4.69, 9.17) is 5.26 Å². The highest BCUT2D eigenvalue weighted by atomic mass is 19.4. The molecule has 136 valence electrons. The number of hydrogen-bond donors (Lipinski definition) is 1. The summed E-state index contributed by atoms with van der Waals surface area (Å²) in [6.07, 6.45) is -2.57. The number of nitrogens with zero attached hydrogens (tertiary/aromatic N) is 4. The van der Waals surface area contributed by atoms with E-state index in [-0.39, 0.29) is 23.9 Å². The van der Waals surface area contributed by atoms with Crippen molar-refractivity contribution in [1.29, 1.82) is 5.26 Å². The van der Waals surface area contributed by atoms with E-state index in [1.807, 2.05) is 26.8 Å². The van der Waals surface area contributed by atoms with Crippen LogP contribution in [0.2, 0.25) is 0 Å². The van der Waals surface area contributed by atoms with Crippen LogP contribution in [0, 0.1) is 11.3 Å². The van der Waals surface area contributed by atoms with Gasteiger partial charge in [0.25, 0.3) is 5.56 Å². The molecule has 0 saturated carbocycles. The van der Waals surface area contributed by atoms with Gasteiger partial charge in [0.15, 0.2) is 0 Å². The monoisotopic (exact) mass is 355 g/mol. The van der Waals surface area contributed by atoms with Crippen molar-refractivity contribution in [2.75, 3.05) is 0 Å². The first-order valence-electron chi connectivity index (χ1n) is 7.79. The van der Waals surface area contributed by atoms with Gasteiger partial charge in [-0.15, -0.1) is 0 Å². The molecule has 1 N–H and O–H groups in total. The number of halogens is 3. The minimum absolute atomic E-state index is 0.0410. The maximum atomic E-state index is 12.6. The lowest BCUT2D eigenvalue weighted by molar-refractivity contribution is -0.142. The summed E-state index contributed by atoms with van der Waals surface area (Å²) in [4.78, 5) is 12.6. The third-order valence-corrected chi connectivity index (χ3v) is 3.65. The van der Waals surface area contributed by atoms with Gasteiger partial charge in [-0.2, -0.15) is 23.5 Å². The number of nitrogens with one attached hydrogen (secondary N) is 1. The molecule has 9 heteroatoms. The minimum atomic E-state index is -4.35. The third kappa shape index (κ3) is 4.75. The molecule has 0 unspecified atom stereocenters. The smallest absolute Gasteiger partial charge is 0.299 e. The Bertz CT molecular complexity index is 830. The molecule has 25 heavy (non-hydrogen) atoms. The number of H-pyrrole nitrogens is 1. The number of alkyl halides is 3. The van der Waals surface area contributed by atoms with E-state index in [1.165, 1.54) is 16.9 Å². The SMILES string of the molecule is CC(C)(C)c1[nH]n(Cc2ccn(CC(F)(F)F)n2)c(=O)c1CCC#N. The third-order valence-electron chi connectivity index (χ3n) is 3.65. The predicted octanol–water partition coefficient (Wildman–Crippen LogP) is 2.74. The van der Waals surface area contributed by atoms with E-state index in [0.717, 1.165) is 10.4 Å². The van der Waals surface area contributed by atoms with E-state index in [1.54, 1.807) is 0 Å². The van der Waals surface area contributed by atoms with Crippen LogP contribution < -0.4 is 5.56 Å². The quantitative estimate of drug-likeness (QED) is 0.896. The van der Waals surface area contributed by atoms with Crippen molar-refractivity contribution in [3.8, 4) is 6.07 Å². The normalized spacial score (nSPS) is 12.4. The zero-order chi connectivity index (χ0) is 18.8. The van der Waals surface area contributed by atoms with E-state index in [9.17, 15) is 18.0 Å². The highest BCUT2D eigenvalue weighted by Gasteiger charge is 2.28. The average Bonchev–Trinajstić information content (AvgIpc) is 3.01. The van der Waals surface area contributed by atoms with Crippen molar-refractivity contribution in [2.24, 2.45) is 0 Å². The fourth-order valence-electron chi connectivity index (χ4n) is 2.59. The molecule has 0 atom stereocenters. The molecule has 0 radical (unpaired) electrons. The summed E-state index contributed by atoms with van der Waals surface area (Å²) in [6, 6.07) is 3.47. The predicted molar refractivity (Wildman–Crippen MR) is 85.1 cm³/mol. The molecule has 6 nitrogen and oxygen atoms in total. The maximum Gasteiger partial charge on any atom is 0.408 e. The Morgan fingerprint density at radius 3 is 2.56 bits per heavy atom. The Labute approximate surface area is 142 Å². The molecular formula is C16H20F3N5O. The van der Waals surface area contributed by atoms with Crippen LogP contribution in [0.3, 0.4) is 0 Å². The van der Waals surface area contributed by atoms with Crippen LogP contribution in [0.25, 0.3) is 0 Å². The zero-order valence-corrected chi connectivity index (χ0v) is 14.3. The van der Waals surface area contributed by atoms with Crippen molar-refractivity contribution < 1.29 is 13.2 Å². The minimum Gasteiger partial charge on any atom is -0.299 e. The standard InChI is InChI=1S/C16H20F3N5O/c1-15(2,3)13-12(5-4-7-20)14(25)24(22-13)9-11-6-8-23(21-11)10-16(17,18)19/h6,8,22H,4-5,9-10H2,1-3H3. The maximum absolute atomic E-state index is 12.6. The van der Waals surface area contributed by atoms with Crippen LogP contribution in [0.5, 0.6) is 0 Å². The van der Waals surface area contributed by atoms with Crippen LogP contribution in [0.15, 0.2) is 17.1 Å². The lowest BCUT2D eigenvalue weighted by atomic mass is 9.88. The van der Waals surface area contributed by atoms with Crippen molar-refractivity contribution in [2.45, 2.75) is 58.3 Å². The lowest BCUT2D eigenvalue weighted by Gasteiger charge is -2.18. The Kier molecular flexibility index (Phi) is 5.11. The number of nitriles is 1. The Balaban J connectivity index is 2.30. The topological polar surface area (TPSA) is 79.4 Å². The van der Waals surface area contributed by atoms with E-state index < -0.39 is 12.7 Å². The summed E-state index contributed by atoms with van der Waals surface area (Å²) >= 11 is 0. The molecule has 0 amide bonds. The van der Waals surface area contributed by atoms with Crippen molar-refractivity contribution in [3.05, 3.63) is 39.6 Å². The number of rotatable bonds is 5. The van der Waals surface area contributed by atoms with Crippen molar-refractivity contribution in [3.63, 3.8) is 0 Å². The van der Waals surface area contributed by atoms with Gasteiger partial charge in [-0.25, -0.2) is 4.68 Å². The second kappa shape index (κ2) is 6.78. The van der Waals surface area contributed by atoms with Crippen LogP contribution >= 0.6 is 0 Å². The van der Waals surface area contributed by atoms with Crippen molar-refractivity contribution >= 4 is 0 Å². The fourth-order valence-corrected chi connectivity index (χ4v) is 2.59. The first-order chi connectivity index (χ1) is 11.5. The zero-order valence-electron chi connectivity index (χ0n) is 14.3. The fraction of sp³-hybridized carbons (Fsp3) is 0.562. The molecular weight excluding hydrogens is 335 g/mol. The van der Waals surface area contributed by atoms with Gasteiger partial charge >= 0.3 is 6.18 Å². The van der Waals surface area contributed by atoms with Gasteiger partial charge in [0.2, 0.25) is 0 Å². The molecule has 0 aliphatic heterocycles. The molecule has 2 heterocycles. The van der Waals surface area contributed by atoms with Gasteiger partial charge in [0.1, 0.15) is 6.54 Å². The average molecular weight is 355 g/mol. The highest BCUT2D eigenvalue weighted by Crippen LogP contribution is 2.23. The first kappa shape index (κ1) is 18.8. The second-order valence-corrected chi connectivity index (χ2v) is 6.88. The molecule has 0 spiro atoms. The van der Waals surface area contributed by atoms with Gasteiger partial charge in [-0.05, 0) is 12.5 Å². The number of aromatic nitrogens is 4. The summed E-state index contributed by atoms with van der Waals surface area (Å²) < 4.78 is 39.3. The molecule has 0 bridgehead atoms. The van der Waals surface area contributed by atoms with Crippen LogP contribution in [0.1, 0.15) is 44.1 Å². The van der Waals surface area contributed by atoms with Gasteiger partial charge in [0, 0.05) is 29.3 Å². The number of aromatic amines is 1. The summed E-state index contributed by atoms with van der Waals surface area (Å²) in [5, 5.41) is 15.7. The van der Waals surface area contributed by atoms with Crippen LogP contribution in [0.4, 0.5) is 13.2 Å². The van der Waals surface area contributed by atoms with E-state index >= 15 is 0 Å². The molecule has 2 rings (SSSR count). The van der Waals surface area contributed by atoms with Gasteiger partial charge in [-0.3, -0.25) is 14.6 Å². The first-order valence-corrected chi connectivity index (χ1v) is 7.79. The molecule has 0 fully saturated rings. The molecule has 0 aromatic carbocycles. The second-order valence-electron chi connectivity index (χ2n) is 6.88. The molecule has 0 aliphatic rings. The van der Waals surface area contributed by atoms with Crippen molar-refractivity contribution in [1.82, 2.24) is 19.6 Å². The van der Waals surface area contributed by atoms with Gasteiger partial charge in [-0.1, -0.05) is 20.8 Å². The highest BCUT2D eigenvalue weighted by molar-refractivity contribution is 5.25. The summed E-state index contributed by atoms with van der Waals surface area (Å²) in [6.45, 7) is 4.69. The summed E-state index contributed by atoms with van der Waals surface area (Å²) in [5.41, 5.74) is 1.00. The van der Waals surface area contributed by atoms with E-state index in [0.29, 0.717) is 17.7 Å². The number of hydrogen-bond acceptors (Lipinski definition) is 3. The lowest BCUT2D eigenvalue weighted by Crippen LogP contribution is -2.21. The molecule has 0 aliphatic carbocycles. The summed E-state index contributed by atoms with van der Waals surface area (Å²) in [5.74, 6) is 0.